The van der Waals surface area contributed by atoms with Crippen LogP contribution in [0.2, 0.25) is 5.02 Å². The molecule has 1 aromatic carbocycles. The minimum atomic E-state index is -3.53. The summed E-state index contributed by atoms with van der Waals surface area (Å²) in [6.07, 6.45) is 1.53. The van der Waals surface area contributed by atoms with Gasteiger partial charge in [-0.15, -0.1) is 0 Å². The first-order chi connectivity index (χ1) is 12.9. The maximum absolute atomic E-state index is 12.8. The Balaban J connectivity index is 1.57. The normalized spacial score (nSPS) is 16.2. The second-order valence-corrected chi connectivity index (χ2v) is 8.82. The van der Waals surface area contributed by atoms with Crippen molar-refractivity contribution in [2.24, 2.45) is 7.05 Å². The van der Waals surface area contributed by atoms with Crippen molar-refractivity contribution in [3.63, 3.8) is 0 Å². The van der Waals surface area contributed by atoms with Crippen LogP contribution < -0.4 is 4.90 Å². The second-order valence-electron chi connectivity index (χ2n) is 6.45. The first-order valence-corrected chi connectivity index (χ1v) is 10.3. The number of halogens is 1. The maximum Gasteiger partial charge on any atom is 0.243 e. The highest BCUT2D eigenvalue weighted by atomic mass is 35.5. The highest BCUT2D eigenvalue weighted by Crippen LogP contribution is 2.26. The van der Waals surface area contributed by atoms with E-state index in [9.17, 15) is 8.42 Å². The van der Waals surface area contributed by atoms with Crippen molar-refractivity contribution in [2.75, 3.05) is 31.1 Å². The summed E-state index contributed by atoms with van der Waals surface area (Å²) in [5.41, 5.74) is 2.53. The summed E-state index contributed by atoms with van der Waals surface area (Å²) in [6, 6.07) is 6.26. The van der Waals surface area contributed by atoms with Gasteiger partial charge in [0, 0.05) is 38.2 Å². The van der Waals surface area contributed by atoms with Crippen LogP contribution >= 0.6 is 11.6 Å². The molecule has 0 amide bonds. The number of fused-ring (bicyclic) bond motifs is 1. The number of hydrogen-bond donors (Lipinski definition) is 0. The molecule has 10 heteroatoms. The van der Waals surface area contributed by atoms with Gasteiger partial charge in [-0.25, -0.2) is 18.4 Å². The molecule has 4 rings (SSSR count). The van der Waals surface area contributed by atoms with Gasteiger partial charge in [-0.05, 0) is 31.2 Å². The monoisotopic (exact) mass is 406 g/mol. The largest absolute Gasteiger partial charge is 0.352 e. The predicted octanol–water partition coefficient (Wildman–Crippen LogP) is 1.84. The lowest BCUT2D eigenvalue weighted by atomic mass is 10.3. The van der Waals surface area contributed by atoms with Gasteiger partial charge in [-0.1, -0.05) is 11.6 Å². The third-order valence-electron chi connectivity index (χ3n) is 4.76. The van der Waals surface area contributed by atoms with Crippen LogP contribution in [0.4, 0.5) is 5.82 Å². The highest BCUT2D eigenvalue weighted by molar-refractivity contribution is 7.89. The van der Waals surface area contributed by atoms with Crippen LogP contribution in [0.25, 0.3) is 11.0 Å². The Hall–Kier alpha value is -2.23. The van der Waals surface area contributed by atoms with E-state index in [0.29, 0.717) is 31.2 Å². The summed E-state index contributed by atoms with van der Waals surface area (Å²) in [5.74, 6) is 0.784. The van der Waals surface area contributed by atoms with E-state index in [1.54, 1.807) is 16.8 Å². The molecule has 1 aliphatic rings. The molecule has 142 valence electrons. The molecular weight excluding hydrogens is 388 g/mol. The average molecular weight is 407 g/mol. The Morgan fingerprint density at radius 2 is 1.70 bits per heavy atom. The number of aryl methyl sites for hydroxylation is 2. The number of benzene rings is 1. The van der Waals surface area contributed by atoms with Crippen LogP contribution in [0, 0.1) is 6.92 Å². The fourth-order valence-corrected chi connectivity index (χ4v) is 4.93. The Bertz CT molecular complexity index is 1090. The molecule has 8 nitrogen and oxygen atoms in total. The molecule has 0 atom stereocenters. The number of nitrogens with zero attached hydrogens (tertiary/aromatic N) is 6. The van der Waals surface area contributed by atoms with Gasteiger partial charge in [0.05, 0.1) is 10.6 Å². The molecular formula is C17H19ClN6O2S. The van der Waals surface area contributed by atoms with Crippen LogP contribution in [0.1, 0.15) is 5.69 Å². The topological polar surface area (TPSA) is 84.2 Å². The molecule has 1 aliphatic heterocycles. The van der Waals surface area contributed by atoms with Crippen molar-refractivity contribution in [1.29, 1.82) is 0 Å². The molecule has 1 saturated heterocycles. The number of piperazine rings is 1. The van der Waals surface area contributed by atoms with Crippen molar-refractivity contribution in [2.45, 2.75) is 11.8 Å². The van der Waals surface area contributed by atoms with E-state index in [0.717, 1.165) is 22.5 Å². The van der Waals surface area contributed by atoms with Crippen molar-refractivity contribution in [1.82, 2.24) is 24.1 Å². The Morgan fingerprint density at radius 1 is 1.04 bits per heavy atom. The molecule has 0 bridgehead atoms. The van der Waals surface area contributed by atoms with Crippen LogP contribution in [0.5, 0.6) is 0 Å². The minimum absolute atomic E-state index is 0.257. The van der Waals surface area contributed by atoms with Gasteiger partial charge in [-0.3, -0.25) is 4.68 Å². The molecule has 0 radical (unpaired) electrons. The fourth-order valence-electron chi connectivity index (χ4n) is 3.38. The third-order valence-corrected chi connectivity index (χ3v) is 6.92. The SMILES string of the molecule is Cc1nn(C)c2c(N3CCN(S(=O)(=O)c4ccc(Cl)cc4)CC3)ncnc12. The number of hydrogen-bond acceptors (Lipinski definition) is 6. The van der Waals surface area contributed by atoms with Gasteiger partial charge in [-0.2, -0.15) is 9.40 Å². The summed E-state index contributed by atoms with van der Waals surface area (Å²) in [4.78, 5) is 11.1. The van der Waals surface area contributed by atoms with E-state index in [2.05, 4.69) is 20.0 Å². The van der Waals surface area contributed by atoms with Crippen LogP contribution in [0.3, 0.4) is 0 Å². The van der Waals surface area contributed by atoms with Gasteiger partial charge in [0.15, 0.2) is 5.82 Å². The Kier molecular flexibility index (Phi) is 4.53. The van der Waals surface area contributed by atoms with E-state index in [1.165, 1.54) is 22.8 Å². The van der Waals surface area contributed by atoms with E-state index < -0.39 is 10.0 Å². The summed E-state index contributed by atoms with van der Waals surface area (Å²) < 4.78 is 28.9. The molecule has 0 unspecified atom stereocenters. The summed E-state index contributed by atoms with van der Waals surface area (Å²) >= 11 is 5.86. The molecule has 0 spiro atoms. The van der Waals surface area contributed by atoms with Crippen molar-refractivity contribution < 1.29 is 8.42 Å². The molecule has 2 aromatic heterocycles. The van der Waals surface area contributed by atoms with Crippen molar-refractivity contribution >= 4 is 38.5 Å². The molecule has 3 aromatic rings. The molecule has 1 fully saturated rings. The summed E-state index contributed by atoms with van der Waals surface area (Å²) in [5, 5.41) is 4.93. The van der Waals surface area contributed by atoms with E-state index >= 15 is 0 Å². The van der Waals surface area contributed by atoms with Crippen LogP contribution in [-0.2, 0) is 17.1 Å². The summed E-state index contributed by atoms with van der Waals surface area (Å²) in [7, 11) is -1.67. The third kappa shape index (κ3) is 3.15. The number of anilines is 1. The Labute approximate surface area is 162 Å². The quantitative estimate of drug-likeness (QED) is 0.659. The van der Waals surface area contributed by atoms with Crippen LogP contribution in [0.15, 0.2) is 35.5 Å². The van der Waals surface area contributed by atoms with E-state index in [-0.39, 0.29) is 4.90 Å². The lowest BCUT2D eigenvalue weighted by Crippen LogP contribution is -2.49. The van der Waals surface area contributed by atoms with Gasteiger partial charge in [0.25, 0.3) is 0 Å². The van der Waals surface area contributed by atoms with Crippen molar-refractivity contribution in [3.05, 3.63) is 41.3 Å². The zero-order valence-corrected chi connectivity index (χ0v) is 16.6. The number of aromatic nitrogens is 4. The minimum Gasteiger partial charge on any atom is -0.352 e. The zero-order valence-electron chi connectivity index (χ0n) is 15.0. The van der Waals surface area contributed by atoms with Gasteiger partial charge < -0.3 is 4.90 Å². The standard InChI is InChI=1S/C17H19ClN6O2S/c1-12-15-16(22(2)21-12)17(20-11-19-15)23-7-9-24(10-8-23)27(25,26)14-5-3-13(18)4-6-14/h3-6,11H,7-10H2,1-2H3. The second kappa shape index (κ2) is 6.74. The van der Waals surface area contributed by atoms with Gasteiger partial charge >= 0.3 is 0 Å². The Morgan fingerprint density at radius 3 is 2.37 bits per heavy atom. The molecule has 27 heavy (non-hydrogen) atoms. The van der Waals surface area contributed by atoms with Gasteiger partial charge in [0.1, 0.15) is 17.4 Å². The van der Waals surface area contributed by atoms with Crippen LogP contribution in [-0.4, -0.2) is 58.7 Å². The smallest absolute Gasteiger partial charge is 0.243 e. The highest BCUT2D eigenvalue weighted by Gasteiger charge is 2.30. The lowest BCUT2D eigenvalue weighted by molar-refractivity contribution is 0.384. The molecule has 0 N–H and O–H groups in total. The average Bonchev–Trinajstić information content (AvgIpc) is 2.96. The first kappa shape index (κ1) is 18.1. The first-order valence-electron chi connectivity index (χ1n) is 8.53. The molecule has 0 aliphatic carbocycles. The molecule has 3 heterocycles. The van der Waals surface area contributed by atoms with E-state index in [4.69, 9.17) is 11.6 Å². The lowest BCUT2D eigenvalue weighted by Gasteiger charge is -2.34. The fraction of sp³-hybridized carbons (Fsp3) is 0.353. The van der Waals surface area contributed by atoms with E-state index in [1.807, 2.05) is 14.0 Å². The van der Waals surface area contributed by atoms with Gasteiger partial charge in [0.2, 0.25) is 10.0 Å². The number of sulfonamides is 1. The maximum atomic E-state index is 12.8. The predicted molar refractivity (Wildman–Crippen MR) is 103 cm³/mol. The number of rotatable bonds is 3. The summed E-state index contributed by atoms with van der Waals surface area (Å²) in [6.45, 7) is 3.77. The van der Waals surface area contributed by atoms with Crippen molar-refractivity contribution in [3.8, 4) is 0 Å². The zero-order chi connectivity index (χ0) is 19.2. The molecule has 0 saturated carbocycles.